The number of amides is 1. The SMILES string of the molecule is CC1=CC[C@H]2CN(C(=O)c3cnc4cc(C)[nH]n4c3=O)C[C@H]2C1. The number of likely N-dealkylation sites (tertiary alicyclic amines) is 1. The third kappa shape index (κ3) is 2.29. The summed E-state index contributed by atoms with van der Waals surface area (Å²) in [6.45, 7) is 5.48. The Labute approximate surface area is 133 Å². The molecule has 120 valence electrons. The number of hydrogen-bond donors (Lipinski definition) is 1. The Morgan fingerprint density at radius 1 is 1.30 bits per heavy atom. The van der Waals surface area contributed by atoms with Crippen LogP contribution in [0, 0.1) is 18.8 Å². The van der Waals surface area contributed by atoms with Crippen molar-refractivity contribution in [3.05, 3.63) is 45.5 Å². The zero-order valence-electron chi connectivity index (χ0n) is 13.4. The van der Waals surface area contributed by atoms with Gasteiger partial charge in [0.05, 0.1) is 0 Å². The molecule has 0 saturated carbocycles. The van der Waals surface area contributed by atoms with Crippen molar-refractivity contribution < 1.29 is 4.79 Å². The monoisotopic (exact) mass is 312 g/mol. The first-order valence-corrected chi connectivity index (χ1v) is 8.05. The second kappa shape index (κ2) is 5.08. The fourth-order valence-electron chi connectivity index (χ4n) is 3.85. The number of aromatic amines is 1. The van der Waals surface area contributed by atoms with Crippen molar-refractivity contribution in [1.29, 1.82) is 0 Å². The number of aromatic nitrogens is 3. The number of H-pyrrole nitrogens is 1. The number of carbonyl (C=O) groups is 1. The minimum absolute atomic E-state index is 0.146. The van der Waals surface area contributed by atoms with Crippen LogP contribution in [-0.4, -0.2) is 38.5 Å². The van der Waals surface area contributed by atoms with Crippen LogP contribution in [0.4, 0.5) is 0 Å². The third-order valence-electron chi connectivity index (χ3n) is 5.07. The average Bonchev–Trinajstić information content (AvgIpc) is 3.09. The highest BCUT2D eigenvalue weighted by atomic mass is 16.2. The van der Waals surface area contributed by atoms with Gasteiger partial charge in [0.2, 0.25) is 0 Å². The Morgan fingerprint density at radius 2 is 2.09 bits per heavy atom. The normalized spacial score (nSPS) is 23.9. The van der Waals surface area contributed by atoms with Crippen molar-refractivity contribution in [1.82, 2.24) is 19.5 Å². The number of nitrogens with zero attached hydrogens (tertiary/aromatic N) is 3. The summed E-state index contributed by atoms with van der Waals surface area (Å²) in [7, 11) is 0. The average molecular weight is 312 g/mol. The zero-order valence-corrected chi connectivity index (χ0v) is 13.4. The summed E-state index contributed by atoms with van der Waals surface area (Å²) >= 11 is 0. The van der Waals surface area contributed by atoms with Gasteiger partial charge in [0, 0.05) is 31.0 Å². The lowest BCUT2D eigenvalue weighted by Gasteiger charge is -2.21. The van der Waals surface area contributed by atoms with Gasteiger partial charge in [0.25, 0.3) is 11.5 Å². The van der Waals surface area contributed by atoms with Gasteiger partial charge in [0.1, 0.15) is 5.56 Å². The van der Waals surface area contributed by atoms with Crippen molar-refractivity contribution in [3.63, 3.8) is 0 Å². The van der Waals surface area contributed by atoms with E-state index in [1.165, 1.54) is 16.3 Å². The predicted molar refractivity (Wildman–Crippen MR) is 86.4 cm³/mol. The molecule has 1 N–H and O–H groups in total. The second-order valence-corrected chi connectivity index (χ2v) is 6.83. The topological polar surface area (TPSA) is 70.5 Å². The highest BCUT2D eigenvalue weighted by Gasteiger charge is 2.37. The van der Waals surface area contributed by atoms with Gasteiger partial charge in [-0.1, -0.05) is 11.6 Å². The van der Waals surface area contributed by atoms with Crippen molar-refractivity contribution in [3.8, 4) is 0 Å². The summed E-state index contributed by atoms with van der Waals surface area (Å²) < 4.78 is 1.34. The van der Waals surface area contributed by atoms with Gasteiger partial charge in [-0.3, -0.25) is 14.7 Å². The Morgan fingerprint density at radius 3 is 2.91 bits per heavy atom. The summed E-state index contributed by atoms with van der Waals surface area (Å²) in [5, 5.41) is 2.93. The van der Waals surface area contributed by atoms with E-state index < -0.39 is 0 Å². The summed E-state index contributed by atoms with van der Waals surface area (Å²) in [5.41, 5.74) is 2.61. The van der Waals surface area contributed by atoms with Gasteiger partial charge < -0.3 is 4.90 Å². The zero-order chi connectivity index (χ0) is 16.1. The molecule has 1 aliphatic carbocycles. The van der Waals surface area contributed by atoms with Crippen LogP contribution < -0.4 is 5.56 Å². The molecule has 2 aromatic heterocycles. The van der Waals surface area contributed by atoms with Gasteiger partial charge in [-0.15, -0.1) is 0 Å². The van der Waals surface area contributed by atoms with E-state index in [2.05, 4.69) is 23.1 Å². The van der Waals surface area contributed by atoms with Crippen molar-refractivity contribution in [2.24, 2.45) is 11.8 Å². The number of hydrogen-bond acceptors (Lipinski definition) is 3. The molecule has 3 heterocycles. The van der Waals surface area contributed by atoms with Gasteiger partial charge in [-0.25, -0.2) is 9.50 Å². The quantitative estimate of drug-likeness (QED) is 0.816. The predicted octanol–water partition coefficient (Wildman–Crippen LogP) is 1.76. The van der Waals surface area contributed by atoms with E-state index in [0.717, 1.165) is 31.6 Å². The van der Waals surface area contributed by atoms with E-state index in [9.17, 15) is 9.59 Å². The molecule has 0 bridgehead atoms. The Bertz CT molecular complexity index is 876. The summed E-state index contributed by atoms with van der Waals surface area (Å²) in [6.07, 6.45) is 5.78. The van der Waals surface area contributed by atoms with Crippen molar-refractivity contribution in [2.45, 2.75) is 26.7 Å². The van der Waals surface area contributed by atoms with Crippen molar-refractivity contribution in [2.75, 3.05) is 13.1 Å². The maximum atomic E-state index is 12.8. The number of carbonyl (C=O) groups excluding carboxylic acids is 1. The van der Waals surface area contributed by atoms with Crippen molar-refractivity contribution >= 4 is 11.6 Å². The van der Waals surface area contributed by atoms with E-state index in [0.29, 0.717) is 17.5 Å². The largest absolute Gasteiger partial charge is 0.338 e. The molecule has 1 amide bonds. The fraction of sp³-hybridized carbons (Fsp3) is 0.471. The highest BCUT2D eigenvalue weighted by Crippen LogP contribution is 2.35. The molecule has 0 spiro atoms. The lowest BCUT2D eigenvalue weighted by Crippen LogP contribution is -2.34. The molecular formula is C17H20N4O2. The number of nitrogens with one attached hydrogen (secondary N) is 1. The second-order valence-electron chi connectivity index (χ2n) is 6.83. The third-order valence-corrected chi connectivity index (χ3v) is 5.07. The lowest BCUT2D eigenvalue weighted by atomic mass is 9.83. The van der Waals surface area contributed by atoms with Gasteiger partial charge in [-0.2, -0.15) is 0 Å². The van der Waals surface area contributed by atoms with E-state index in [4.69, 9.17) is 0 Å². The first-order chi connectivity index (χ1) is 11.0. The molecule has 6 heteroatoms. The Balaban J connectivity index is 1.63. The van der Waals surface area contributed by atoms with Gasteiger partial charge in [-0.05, 0) is 38.5 Å². The molecule has 1 fully saturated rings. The molecule has 0 radical (unpaired) electrons. The number of allylic oxidation sites excluding steroid dienone is 2. The first-order valence-electron chi connectivity index (χ1n) is 8.05. The van der Waals surface area contributed by atoms with Crippen LogP contribution in [0.3, 0.4) is 0 Å². The van der Waals surface area contributed by atoms with E-state index in [-0.39, 0.29) is 17.0 Å². The van der Waals surface area contributed by atoms with Crippen LogP contribution in [0.1, 0.15) is 35.8 Å². The Kier molecular flexibility index (Phi) is 3.14. The number of aryl methyl sites for hydroxylation is 1. The lowest BCUT2D eigenvalue weighted by molar-refractivity contribution is 0.0781. The molecule has 1 aliphatic heterocycles. The van der Waals surface area contributed by atoms with Gasteiger partial charge in [0.15, 0.2) is 5.65 Å². The first kappa shape index (κ1) is 14.2. The molecule has 1 saturated heterocycles. The van der Waals surface area contributed by atoms with Crippen LogP contribution in [0.25, 0.3) is 5.65 Å². The molecule has 6 nitrogen and oxygen atoms in total. The fourth-order valence-corrected chi connectivity index (χ4v) is 3.85. The van der Waals surface area contributed by atoms with Crippen LogP contribution in [-0.2, 0) is 0 Å². The summed E-state index contributed by atoms with van der Waals surface area (Å²) in [4.78, 5) is 31.4. The molecule has 2 atom stereocenters. The molecule has 0 aromatic carbocycles. The smallest absolute Gasteiger partial charge is 0.285 e. The van der Waals surface area contributed by atoms with Crippen LogP contribution in [0.5, 0.6) is 0 Å². The van der Waals surface area contributed by atoms with Crippen LogP contribution in [0.15, 0.2) is 28.7 Å². The van der Waals surface area contributed by atoms with Crippen LogP contribution >= 0.6 is 0 Å². The minimum Gasteiger partial charge on any atom is -0.338 e. The standard InChI is InChI=1S/C17H20N4O2/c1-10-3-4-12-8-20(9-13(12)5-10)16(22)14-7-18-15-6-11(2)19-21(15)17(14)23/h3,6-7,12-13,19H,4-5,8-9H2,1-2H3/t12-,13+/m0/s1. The maximum absolute atomic E-state index is 12.8. The minimum atomic E-state index is -0.322. The summed E-state index contributed by atoms with van der Waals surface area (Å²) in [6, 6.07) is 1.79. The number of rotatable bonds is 1. The molecule has 2 aromatic rings. The molecule has 4 rings (SSSR count). The molecule has 2 aliphatic rings. The number of fused-ring (bicyclic) bond motifs is 2. The Hall–Kier alpha value is -2.37. The molecule has 0 unspecified atom stereocenters. The van der Waals surface area contributed by atoms with E-state index in [1.807, 2.05) is 11.8 Å². The van der Waals surface area contributed by atoms with Gasteiger partial charge >= 0.3 is 0 Å². The molecule has 23 heavy (non-hydrogen) atoms. The summed E-state index contributed by atoms with van der Waals surface area (Å²) in [5.74, 6) is 0.849. The molecular weight excluding hydrogens is 292 g/mol. The van der Waals surface area contributed by atoms with Crippen LogP contribution in [0.2, 0.25) is 0 Å². The van der Waals surface area contributed by atoms with E-state index in [1.54, 1.807) is 6.07 Å². The maximum Gasteiger partial charge on any atom is 0.285 e. The highest BCUT2D eigenvalue weighted by molar-refractivity contribution is 5.94. The van der Waals surface area contributed by atoms with E-state index >= 15 is 0 Å².